The molecule has 1 aromatic carbocycles. The van der Waals surface area contributed by atoms with Crippen molar-refractivity contribution < 1.29 is 5.11 Å². The predicted octanol–water partition coefficient (Wildman–Crippen LogP) is 3.74. The zero-order chi connectivity index (χ0) is 21.4. The topological polar surface area (TPSA) is 75.4 Å². The first-order chi connectivity index (χ1) is 14.4. The van der Waals surface area contributed by atoms with Crippen LogP contribution in [0.5, 0.6) is 0 Å². The minimum Gasteiger partial charge on any atom is -0.374 e. The lowest BCUT2D eigenvalue weighted by Crippen LogP contribution is -2.52. The number of nitrogens with one attached hydrogen (secondary N) is 1. The van der Waals surface area contributed by atoms with E-state index < -0.39 is 6.23 Å². The van der Waals surface area contributed by atoms with Crippen molar-refractivity contribution in [3.05, 3.63) is 53.2 Å². The van der Waals surface area contributed by atoms with Crippen molar-refractivity contribution in [1.29, 1.82) is 5.26 Å². The summed E-state index contributed by atoms with van der Waals surface area (Å²) >= 11 is 0. The molecule has 0 radical (unpaired) electrons. The van der Waals surface area contributed by atoms with Gasteiger partial charge in [-0.1, -0.05) is 13.0 Å². The van der Waals surface area contributed by atoms with Crippen molar-refractivity contribution in [2.45, 2.75) is 51.5 Å². The number of aliphatic hydroxyl groups excluding tert-OH is 1. The Hall–Kier alpha value is -2.62. The number of benzene rings is 1. The van der Waals surface area contributed by atoms with Crippen LogP contribution in [0.1, 0.15) is 49.6 Å². The van der Waals surface area contributed by atoms with E-state index in [-0.39, 0.29) is 18.0 Å². The summed E-state index contributed by atoms with van der Waals surface area (Å²) in [7, 11) is 4.07. The van der Waals surface area contributed by atoms with Gasteiger partial charge in [-0.25, -0.2) is 4.98 Å². The van der Waals surface area contributed by atoms with Gasteiger partial charge in [0.2, 0.25) is 0 Å². The number of aliphatic hydroxyl groups is 1. The molecule has 2 N–H and O–H groups in total. The molecule has 4 atom stereocenters. The van der Waals surface area contributed by atoms with E-state index in [1.165, 1.54) is 12.8 Å². The summed E-state index contributed by atoms with van der Waals surface area (Å²) in [6.07, 6.45) is 1.83. The monoisotopic (exact) mass is 405 g/mol. The largest absolute Gasteiger partial charge is 0.374 e. The van der Waals surface area contributed by atoms with Crippen molar-refractivity contribution >= 4 is 11.5 Å². The molecular formula is C24H31N5O. The van der Waals surface area contributed by atoms with E-state index in [0.717, 1.165) is 29.3 Å². The third-order valence-corrected chi connectivity index (χ3v) is 6.25. The molecule has 4 rings (SSSR count). The average Bonchev–Trinajstić information content (AvgIpc) is 3.53. The highest BCUT2D eigenvalue weighted by atomic mass is 16.3. The first kappa shape index (κ1) is 20.6. The van der Waals surface area contributed by atoms with Gasteiger partial charge in [0.1, 0.15) is 12.0 Å². The molecule has 1 aliphatic heterocycles. The molecule has 158 valence electrons. The van der Waals surface area contributed by atoms with Crippen LogP contribution in [0, 0.1) is 23.2 Å². The zero-order valence-corrected chi connectivity index (χ0v) is 18.2. The first-order valence-corrected chi connectivity index (χ1v) is 10.8. The smallest absolute Gasteiger partial charge is 0.126 e. The standard InChI is InChI=1S/C24H31N5O/c1-15-23(27-22-7-5-6-19(26-22)14-28(3)4)20-12-17(13-25)8-11-21(20)29(16(2)30)24(15)18-9-10-18/h5-8,11-12,15-16,18,23-24,30H,9-10,14H2,1-4H3,(H,26,27)/t15-,16?,23-,24-/m1/s1. The Morgan fingerprint density at radius 1 is 1.30 bits per heavy atom. The second kappa shape index (κ2) is 8.25. The highest BCUT2D eigenvalue weighted by molar-refractivity contribution is 5.63. The van der Waals surface area contributed by atoms with E-state index in [4.69, 9.17) is 4.98 Å². The van der Waals surface area contributed by atoms with Crippen LogP contribution in [0.3, 0.4) is 0 Å². The number of pyridine rings is 1. The van der Waals surface area contributed by atoms with Gasteiger partial charge in [-0.3, -0.25) is 0 Å². The second-order valence-corrected chi connectivity index (χ2v) is 8.99. The van der Waals surface area contributed by atoms with Gasteiger partial charge in [0.05, 0.1) is 23.4 Å². The average molecular weight is 406 g/mol. The minimum atomic E-state index is -0.577. The van der Waals surface area contributed by atoms with Crippen molar-refractivity contribution in [3.8, 4) is 6.07 Å². The van der Waals surface area contributed by atoms with Crippen LogP contribution in [0.25, 0.3) is 0 Å². The van der Waals surface area contributed by atoms with Gasteiger partial charge in [-0.2, -0.15) is 5.26 Å². The van der Waals surface area contributed by atoms with Crippen LogP contribution in [0.2, 0.25) is 0 Å². The third-order valence-electron chi connectivity index (χ3n) is 6.25. The highest BCUT2D eigenvalue weighted by Gasteiger charge is 2.47. The fourth-order valence-electron chi connectivity index (χ4n) is 4.89. The van der Waals surface area contributed by atoms with Crippen LogP contribution in [0.4, 0.5) is 11.5 Å². The molecule has 1 saturated carbocycles. The lowest BCUT2D eigenvalue weighted by Gasteiger charge is -2.48. The van der Waals surface area contributed by atoms with E-state index in [1.54, 1.807) is 0 Å². The van der Waals surface area contributed by atoms with Crippen LogP contribution < -0.4 is 10.2 Å². The van der Waals surface area contributed by atoms with Gasteiger partial charge in [0.15, 0.2) is 0 Å². The van der Waals surface area contributed by atoms with Gasteiger partial charge in [0.25, 0.3) is 0 Å². The summed E-state index contributed by atoms with van der Waals surface area (Å²) < 4.78 is 0. The van der Waals surface area contributed by atoms with Crippen molar-refractivity contribution in [2.24, 2.45) is 11.8 Å². The van der Waals surface area contributed by atoms with Gasteiger partial charge in [-0.15, -0.1) is 0 Å². The summed E-state index contributed by atoms with van der Waals surface area (Å²) in [5.74, 6) is 1.70. The normalized spacial score (nSPS) is 24.3. The maximum atomic E-state index is 10.6. The van der Waals surface area contributed by atoms with E-state index in [2.05, 4.69) is 28.1 Å². The summed E-state index contributed by atoms with van der Waals surface area (Å²) in [6, 6.07) is 14.4. The molecule has 30 heavy (non-hydrogen) atoms. The Balaban J connectivity index is 1.75. The van der Waals surface area contributed by atoms with Gasteiger partial charge < -0.3 is 20.2 Å². The Morgan fingerprint density at radius 2 is 2.07 bits per heavy atom. The number of hydrogen-bond donors (Lipinski definition) is 2. The van der Waals surface area contributed by atoms with E-state index in [0.29, 0.717) is 11.5 Å². The Kier molecular flexibility index (Phi) is 5.68. The summed E-state index contributed by atoms with van der Waals surface area (Å²) in [5.41, 5.74) is 3.72. The Labute approximate surface area is 179 Å². The second-order valence-electron chi connectivity index (χ2n) is 8.99. The summed E-state index contributed by atoms with van der Waals surface area (Å²) in [4.78, 5) is 9.08. The molecule has 0 saturated heterocycles. The fourth-order valence-corrected chi connectivity index (χ4v) is 4.89. The van der Waals surface area contributed by atoms with Crippen LogP contribution in [0.15, 0.2) is 36.4 Å². The molecule has 2 heterocycles. The Morgan fingerprint density at radius 3 is 2.70 bits per heavy atom. The SMILES string of the molecule is CC(O)N1c2ccc(C#N)cc2[C@H](Nc2cccc(CN(C)C)n2)[C@@H](C)[C@@H]1C1CC1. The molecule has 1 fully saturated rings. The number of rotatable bonds is 6. The number of nitriles is 1. The highest BCUT2D eigenvalue weighted by Crippen LogP contribution is 2.50. The van der Waals surface area contributed by atoms with E-state index in [1.807, 2.05) is 57.4 Å². The molecular weight excluding hydrogens is 374 g/mol. The van der Waals surface area contributed by atoms with Gasteiger partial charge >= 0.3 is 0 Å². The zero-order valence-electron chi connectivity index (χ0n) is 18.2. The quantitative estimate of drug-likeness (QED) is 0.763. The predicted molar refractivity (Wildman–Crippen MR) is 119 cm³/mol. The maximum Gasteiger partial charge on any atom is 0.126 e. The van der Waals surface area contributed by atoms with Crippen molar-refractivity contribution in [3.63, 3.8) is 0 Å². The van der Waals surface area contributed by atoms with Crippen LogP contribution in [-0.2, 0) is 6.54 Å². The number of fused-ring (bicyclic) bond motifs is 1. The lowest BCUT2D eigenvalue weighted by molar-refractivity contribution is 0.151. The summed E-state index contributed by atoms with van der Waals surface area (Å²) in [5, 5.41) is 23.8. The molecule has 0 bridgehead atoms. The fraction of sp³-hybridized carbons (Fsp3) is 0.500. The lowest BCUT2D eigenvalue weighted by atomic mass is 9.79. The molecule has 2 aromatic rings. The van der Waals surface area contributed by atoms with Crippen molar-refractivity contribution in [1.82, 2.24) is 9.88 Å². The van der Waals surface area contributed by atoms with Crippen molar-refractivity contribution in [2.75, 3.05) is 24.3 Å². The molecule has 1 aliphatic carbocycles. The maximum absolute atomic E-state index is 10.6. The number of nitrogens with zero attached hydrogens (tertiary/aromatic N) is 4. The van der Waals surface area contributed by atoms with Crippen LogP contribution in [-0.4, -0.2) is 41.4 Å². The molecule has 0 amide bonds. The molecule has 0 spiro atoms. The first-order valence-electron chi connectivity index (χ1n) is 10.8. The number of aromatic nitrogens is 1. The van der Waals surface area contributed by atoms with Gasteiger partial charge in [0, 0.05) is 24.2 Å². The molecule has 6 heteroatoms. The van der Waals surface area contributed by atoms with E-state index in [9.17, 15) is 10.4 Å². The summed E-state index contributed by atoms with van der Waals surface area (Å²) in [6.45, 7) is 4.87. The minimum absolute atomic E-state index is 0.0241. The van der Waals surface area contributed by atoms with E-state index >= 15 is 0 Å². The molecule has 1 unspecified atom stereocenters. The van der Waals surface area contributed by atoms with Gasteiger partial charge in [-0.05, 0) is 75.7 Å². The Bertz CT molecular complexity index is 947. The molecule has 6 nitrogen and oxygen atoms in total. The third kappa shape index (κ3) is 4.00. The molecule has 1 aromatic heterocycles. The van der Waals surface area contributed by atoms with Crippen LogP contribution >= 0.6 is 0 Å². The number of hydrogen-bond acceptors (Lipinski definition) is 6. The molecule has 2 aliphatic rings. The number of anilines is 2.